The summed E-state index contributed by atoms with van der Waals surface area (Å²) in [5, 5.41) is 3.91. The summed E-state index contributed by atoms with van der Waals surface area (Å²) in [5.41, 5.74) is 1.93. The minimum atomic E-state index is -0.0797. The van der Waals surface area contributed by atoms with Gasteiger partial charge in [-0.05, 0) is 71.0 Å². The highest BCUT2D eigenvalue weighted by molar-refractivity contribution is 7.16. The number of unbranched alkanes of at least 4 members (excludes halogenated alkanes) is 2. The standard InChI is InChI=1S/C22H35N3O2S/c1-4-5-7-11-17-16(2)28-21(23-20(26)18-12-10-13-24(18)3)19(17)22(27)25-14-8-6-9-15-25/h18H,4-15H2,1-3H3,(H,23,26). The van der Waals surface area contributed by atoms with Crippen molar-refractivity contribution in [3.63, 3.8) is 0 Å². The summed E-state index contributed by atoms with van der Waals surface area (Å²) < 4.78 is 0. The van der Waals surface area contributed by atoms with Gasteiger partial charge in [0.25, 0.3) is 5.91 Å². The lowest BCUT2D eigenvalue weighted by Gasteiger charge is -2.27. The van der Waals surface area contributed by atoms with Gasteiger partial charge in [-0.3, -0.25) is 14.5 Å². The summed E-state index contributed by atoms with van der Waals surface area (Å²) in [5.74, 6) is 0.152. The minimum absolute atomic E-state index is 0.0362. The van der Waals surface area contributed by atoms with E-state index in [-0.39, 0.29) is 17.9 Å². The third-order valence-corrected chi connectivity index (χ3v) is 7.22. The highest BCUT2D eigenvalue weighted by Crippen LogP contribution is 2.36. The van der Waals surface area contributed by atoms with Crippen molar-refractivity contribution in [1.82, 2.24) is 9.80 Å². The van der Waals surface area contributed by atoms with E-state index in [0.29, 0.717) is 0 Å². The van der Waals surface area contributed by atoms with Crippen LogP contribution in [0.1, 0.15) is 79.1 Å². The van der Waals surface area contributed by atoms with E-state index in [0.717, 1.165) is 80.7 Å². The number of nitrogens with zero attached hydrogens (tertiary/aromatic N) is 2. The number of piperidine rings is 1. The molecule has 0 saturated carbocycles. The maximum absolute atomic E-state index is 13.4. The Kier molecular flexibility index (Phi) is 7.52. The first kappa shape index (κ1) is 21.3. The lowest BCUT2D eigenvalue weighted by molar-refractivity contribution is -0.119. The van der Waals surface area contributed by atoms with Crippen molar-refractivity contribution in [3.8, 4) is 0 Å². The summed E-state index contributed by atoms with van der Waals surface area (Å²) in [7, 11) is 2.01. The van der Waals surface area contributed by atoms with Gasteiger partial charge >= 0.3 is 0 Å². The Hall–Kier alpha value is -1.40. The van der Waals surface area contributed by atoms with Crippen molar-refractivity contribution in [1.29, 1.82) is 0 Å². The molecule has 5 nitrogen and oxygen atoms in total. The molecular formula is C22H35N3O2S. The molecule has 2 aliphatic heterocycles. The van der Waals surface area contributed by atoms with Crippen LogP contribution in [0.4, 0.5) is 5.00 Å². The Morgan fingerprint density at radius 2 is 1.86 bits per heavy atom. The smallest absolute Gasteiger partial charge is 0.257 e. The molecule has 1 aromatic rings. The van der Waals surface area contributed by atoms with Crippen molar-refractivity contribution < 1.29 is 9.59 Å². The average Bonchev–Trinajstić information content (AvgIpc) is 3.25. The van der Waals surface area contributed by atoms with Crippen molar-refractivity contribution in [2.24, 2.45) is 0 Å². The zero-order valence-electron chi connectivity index (χ0n) is 17.7. The number of thiophene rings is 1. The first-order chi connectivity index (χ1) is 13.5. The first-order valence-electron chi connectivity index (χ1n) is 11.0. The quantitative estimate of drug-likeness (QED) is 0.682. The number of hydrogen-bond acceptors (Lipinski definition) is 4. The molecule has 28 heavy (non-hydrogen) atoms. The van der Waals surface area contributed by atoms with Crippen LogP contribution in [0.25, 0.3) is 0 Å². The molecule has 2 fully saturated rings. The van der Waals surface area contributed by atoms with Gasteiger partial charge in [-0.2, -0.15) is 0 Å². The maximum atomic E-state index is 13.4. The number of hydrogen-bond donors (Lipinski definition) is 1. The van der Waals surface area contributed by atoms with Crippen molar-refractivity contribution in [2.75, 3.05) is 32.0 Å². The lowest BCUT2D eigenvalue weighted by Crippen LogP contribution is -2.38. The number of aryl methyl sites for hydroxylation is 1. The van der Waals surface area contributed by atoms with Gasteiger partial charge < -0.3 is 10.2 Å². The second kappa shape index (κ2) is 9.88. The van der Waals surface area contributed by atoms with E-state index in [1.54, 1.807) is 11.3 Å². The van der Waals surface area contributed by atoms with E-state index in [1.165, 1.54) is 17.7 Å². The predicted octanol–water partition coefficient (Wildman–Crippen LogP) is 4.45. The third-order valence-electron chi connectivity index (χ3n) is 6.16. The molecule has 1 atom stereocenters. The van der Waals surface area contributed by atoms with Crippen LogP contribution in [0.15, 0.2) is 0 Å². The Morgan fingerprint density at radius 3 is 2.50 bits per heavy atom. The van der Waals surface area contributed by atoms with Crippen LogP contribution in [0.2, 0.25) is 0 Å². The Morgan fingerprint density at radius 1 is 1.11 bits per heavy atom. The molecule has 1 N–H and O–H groups in total. The van der Waals surface area contributed by atoms with Crippen LogP contribution >= 0.6 is 11.3 Å². The lowest BCUT2D eigenvalue weighted by atomic mass is 10.0. The average molecular weight is 406 g/mol. The van der Waals surface area contributed by atoms with E-state index in [2.05, 4.69) is 24.1 Å². The molecule has 2 amide bonds. The number of amides is 2. The van der Waals surface area contributed by atoms with Crippen LogP contribution in [0, 0.1) is 6.92 Å². The van der Waals surface area contributed by atoms with Gasteiger partial charge in [-0.25, -0.2) is 0 Å². The van der Waals surface area contributed by atoms with Gasteiger partial charge in [-0.15, -0.1) is 11.3 Å². The number of likely N-dealkylation sites (tertiary alicyclic amines) is 2. The van der Waals surface area contributed by atoms with Gasteiger partial charge in [0.15, 0.2) is 0 Å². The summed E-state index contributed by atoms with van der Waals surface area (Å²) in [4.78, 5) is 31.6. The fourth-order valence-corrected chi connectivity index (χ4v) is 5.54. The molecule has 3 rings (SSSR count). The molecule has 2 saturated heterocycles. The van der Waals surface area contributed by atoms with Crippen LogP contribution < -0.4 is 5.32 Å². The molecule has 6 heteroatoms. The topological polar surface area (TPSA) is 52.7 Å². The number of anilines is 1. The van der Waals surface area contributed by atoms with Gasteiger partial charge in [0.2, 0.25) is 5.91 Å². The van der Waals surface area contributed by atoms with Crippen LogP contribution in [-0.2, 0) is 11.2 Å². The van der Waals surface area contributed by atoms with E-state index in [9.17, 15) is 9.59 Å². The molecule has 3 heterocycles. The summed E-state index contributed by atoms with van der Waals surface area (Å²) in [6.07, 6.45) is 9.65. The van der Waals surface area contributed by atoms with Crippen molar-refractivity contribution in [3.05, 3.63) is 16.0 Å². The molecule has 0 bridgehead atoms. The molecule has 0 aromatic carbocycles. The van der Waals surface area contributed by atoms with E-state index in [1.807, 2.05) is 11.9 Å². The number of rotatable bonds is 7. The second-order valence-corrected chi connectivity index (χ2v) is 9.50. The number of carbonyl (C=O) groups is 2. The number of carbonyl (C=O) groups excluding carboxylic acids is 2. The highest BCUT2D eigenvalue weighted by Gasteiger charge is 2.31. The molecule has 0 radical (unpaired) electrons. The van der Waals surface area contributed by atoms with E-state index >= 15 is 0 Å². The fourth-order valence-electron chi connectivity index (χ4n) is 4.44. The van der Waals surface area contributed by atoms with Gasteiger partial charge in [0.05, 0.1) is 11.6 Å². The molecule has 156 valence electrons. The summed E-state index contributed by atoms with van der Waals surface area (Å²) >= 11 is 1.58. The van der Waals surface area contributed by atoms with Crippen molar-refractivity contribution >= 4 is 28.2 Å². The van der Waals surface area contributed by atoms with E-state index in [4.69, 9.17) is 0 Å². The minimum Gasteiger partial charge on any atom is -0.339 e. The molecule has 0 aliphatic carbocycles. The Balaban J connectivity index is 1.86. The summed E-state index contributed by atoms with van der Waals surface area (Å²) in [6, 6.07) is -0.0797. The van der Waals surface area contributed by atoms with Crippen LogP contribution in [0.3, 0.4) is 0 Å². The zero-order chi connectivity index (χ0) is 20.1. The molecular weight excluding hydrogens is 370 g/mol. The Labute approximate surface area is 173 Å². The SMILES string of the molecule is CCCCCc1c(C)sc(NC(=O)C2CCCN2C)c1C(=O)N1CCCCC1. The zero-order valence-corrected chi connectivity index (χ0v) is 18.5. The molecule has 2 aliphatic rings. The maximum Gasteiger partial charge on any atom is 0.257 e. The predicted molar refractivity (Wildman–Crippen MR) is 116 cm³/mol. The van der Waals surface area contributed by atoms with Gasteiger partial charge in [0, 0.05) is 18.0 Å². The second-order valence-electron chi connectivity index (χ2n) is 8.28. The largest absolute Gasteiger partial charge is 0.339 e. The molecule has 0 spiro atoms. The van der Waals surface area contributed by atoms with Crippen LogP contribution in [0.5, 0.6) is 0 Å². The molecule has 1 unspecified atom stereocenters. The number of likely N-dealkylation sites (N-methyl/N-ethyl adjacent to an activating group) is 1. The normalized spacial score (nSPS) is 20.5. The molecule has 1 aromatic heterocycles. The third kappa shape index (κ3) is 4.77. The Bertz CT molecular complexity index is 694. The van der Waals surface area contributed by atoms with Crippen molar-refractivity contribution in [2.45, 2.75) is 77.7 Å². The monoisotopic (exact) mass is 405 g/mol. The van der Waals surface area contributed by atoms with E-state index < -0.39 is 0 Å². The number of nitrogens with one attached hydrogen (secondary N) is 1. The highest BCUT2D eigenvalue weighted by atomic mass is 32.1. The first-order valence-corrected chi connectivity index (χ1v) is 11.8. The van der Waals surface area contributed by atoms with Gasteiger partial charge in [-0.1, -0.05) is 19.8 Å². The summed E-state index contributed by atoms with van der Waals surface area (Å²) in [6.45, 7) is 6.92. The van der Waals surface area contributed by atoms with Gasteiger partial charge in [0.1, 0.15) is 5.00 Å². The fraction of sp³-hybridized carbons (Fsp3) is 0.727. The van der Waals surface area contributed by atoms with Crippen LogP contribution in [-0.4, -0.2) is 54.3 Å².